The number of morpholine rings is 1. The molecular weight excluding hydrogens is 615 g/mol. The van der Waals surface area contributed by atoms with Crippen molar-refractivity contribution in [2.24, 2.45) is 0 Å². The smallest absolute Gasteiger partial charge is 0.239 e. The molecule has 0 bridgehead atoms. The summed E-state index contributed by atoms with van der Waals surface area (Å²) in [5.74, 6) is -0.214. The fourth-order valence-corrected chi connectivity index (χ4v) is 8.12. The van der Waals surface area contributed by atoms with Gasteiger partial charge in [-0.25, -0.2) is 0 Å². The van der Waals surface area contributed by atoms with Crippen LogP contribution in [0.3, 0.4) is 0 Å². The van der Waals surface area contributed by atoms with Crippen LogP contribution >= 0.6 is 35.0 Å². The van der Waals surface area contributed by atoms with E-state index in [9.17, 15) is 9.59 Å². The van der Waals surface area contributed by atoms with E-state index >= 15 is 0 Å². The van der Waals surface area contributed by atoms with E-state index in [0.29, 0.717) is 16.6 Å². The largest absolute Gasteiger partial charge is 0.379 e. The summed E-state index contributed by atoms with van der Waals surface area (Å²) in [4.78, 5) is 37.4. The number of ether oxygens (including phenoxy) is 1. The minimum Gasteiger partial charge on any atom is -0.379 e. The van der Waals surface area contributed by atoms with E-state index < -0.39 is 10.8 Å². The Balaban J connectivity index is 1.41. The molecule has 2 fully saturated rings. The zero-order valence-electron chi connectivity index (χ0n) is 24.6. The molecule has 2 N–H and O–H groups in total. The lowest BCUT2D eigenvalue weighted by molar-refractivity contribution is -0.131. The van der Waals surface area contributed by atoms with Crippen LogP contribution < -0.4 is 5.32 Å². The number of fused-ring (bicyclic) bond motifs is 1. The number of nitrogens with zero attached hydrogens (tertiary/aromatic N) is 2. The van der Waals surface area contributed by atoms with Gasteiger partial charge in [0, 0.05) is 57.2 Å². The molecule has 2 aliphatic heterocycles. The Labute approximate surface area is 272 Å². The average Bonchev–Trinajstić information content (AvgIpc) is 3.57. The van der Waals surface area contributed by atoms with Gasteiger partial charge in [0.05, 0.1) is 31.7 Å². The number of aromatic amines is 1. The third-order valence-electron chi connectivity index (χ3n) is 8.63. The molecule has 7 nitrogen and oxygen atoms in total. The van der Waals surface area contributed by atoms with E-state index in [0.717, 1.165) is 66.2 Å². The summed E-state index contributed by atoms with van der Waals surface area (Å²) in [6.45, 7) is 6.71. The Morgan fingerprint density at radius 3 is 2.55 bits per heavy atom. The summed E-state index contributed by atoms with van der Waals surface area (Å²) < 4.78 is 4.34. The molecule has 230 valence electrons. The van der Waals surface area contributed by atoms with Gasteiger partial charge in [-0.2, -0.15) is 0 Å². The molecule has 0 saturated carbocycles. The third kappa shape index (κ3) is 6.37. The molecule has 2 amide bonds. The van der Waals surface area contributed by atoms with Crippen LogP contribution in [0.15, 0.2) is 83.9 Å². The number of thioether (sulfide) groups is 1. The quantitative estimate of drug-likeness (QED) is 0.183. The lowest BCUT2D eigenvalue weighted by atomic mass is 9.90. The lowest BCUT2D eigenvalue weighted by Crippen LogP contribution is -2.49. The van der Waals surface area contributed by atoms with Crippen molar-refractivity contribution in [3.05, 3.63) is 100 Å². The normalized spacial score (nSPS) is 21.6. The monoisotopic (exact) mass is 650 g/mol. The van der Waals surface area contributed by atoms with Gasteiger partial charge in [-0.1, -0.05) is 59.6 Å². The SMILES string of the molecule is C[C@@H](c1ccc(Cl)cc1)N1C(=O)C[C@@](Sc2ccccc2)(C(=O)NCCCN2CCOCC2)[C@H]1c1c[nH]c2cc(Cl)ccc12. The number of hydrogen-bond donors (Lipinski definition) is 2. The highest BCUT2D eigenvalue weighted by Crippen LogP contribution is 2.56. The summed E-state index contributed by atoms with van der Waals surface area (Å²) in [5, 5.41) is 5.43. The second-order valence-electron chi connectivity index (χ2n) is 11.4. The van der Waals surface area contributed by atoms with Crippen molar-refractivity contribution in [1.29, 1.82) is 0 Å². The van der Waals surface area contributed by atoms with E-state index in [2.05, 4.69) is 15.2 Å². The first-order valence-corrected chi connectivity index (χ1v) is 16.6. The second kappa shape index (κ2) is 13.5. The molecule has 1 aromatic heterocycles. The van der Waals surface area contributed by atoms with Gasteiger partial charge >= 0.3 is 0 Å². The molecular formula is C34H36Cl2N4O3S. The summed E-state index contributed by atoms with van der Waals surface area (Å²) in [6.07, 6.45) is 2.80. The van der Waals surface area contributed by atoms with E-state index in [1.54, 1.807) is 0 Å². The van der Waals surface area contributed by atoms with Crippen LogP contribution in [0.4, 0.5) is 0 Å². The van der Waals surface area contributed by atoms with Gasteiger partial charge in [0.15, 0.2) is 0 Å². The number of rotatable bonds is 10. The van der Waals surface area contributed by atoms with Crippen molar-refractivity contribution >= 4 is 57.7 Å². The number of likely N-dealkylation sites (tertiary alicyclic amines) is 1. The van der Waals surface area contributed by atoms with Crippen molar-refractivity contribution in [3.63, 3.8) is 0 Å². The first-order chi connectivity index (χ1) is 21.4. The summed E-state index contributed by atoms with van der Waals surface area (Å²) >= 11 is 14.0. The highest BCUT2D eigenvalue weighted by atomic mass is 35.5. The molecule has 6 rings (SSSR count). The molecule has 0 spiro atoms. The Hall–Kier alpha value is -3.01. The van der Waals surface area contributed by atoms with E-state index in [1.807, 2.05) is 90.8 Å². The molecule has 2 saturated heterocycles. The minimum atomic E-state index is -1.13. The summed E-state index contributed by atoms with van der Waals surface area (Å²) in [7, 11) is 0. The van der Waals surface area contributed by atoms with Crippen LogP contribution in [0.2, 0.25) is 10.0 Å². The number of nitrogens with one attached hydrogen (secondary N) is 2. The maximum Gasteiger partial charge on any atom is 0.239 e. The van der Waals surface area contributed by atoms with Crippen LogP contribution in [0.5, 0.6) is 0 Å². The summed E-state index contributed by atoms with van der Waals surface area (Å²) in [5.41, 5.74) is 2.69. The molecule has 0 radical (unpaired) electrons. The molecule has 4 aromatic rings. The first-order valence-electron chi connectivity index (χ1n) is 15.0. The Morgan fingerprint density at radius 2 is 1.80 bits per heavy atom. The van der Waals surface area contributed by atoms with Gasteiger partial charge in [0.25, 0.3) is 0 Å². The maximum absolute atomic E-state index is 14.6. The number of carbonyl (C=O) groups is 2. The number of benzene rings is 3. The van der Waals surface area contributed by atoms with Crippen molar-refractivity contribution in [2.45, 2.75) is 41.5 Å². The van der Waals surface area contributed by atoms with Crippen molar-refractivity contribution in [2.75, 3.05) is 39.4 Å². The van der Waals surface area contributed by atoms with Crippen molar-refractivity contribution in [3.8, 4) is 0 Å². The number of halogens is 2. The van der Waals surface area contributed by atoms with Gasteiger partial charge in [0.2, 0.25) is 11.8 Å². The van der Waals surface area contributed by atoms with Gasteiger partial charge in [0.1, 0.15) is 4.75 Å². The average molecular weight is 652 g/mol. The van der Waals surface area contributed by atoms with Crippen LogP contribution in [0.1, 0.15) is 43.0 Å². The van der Waals surface area contributed by atoms with Gasteiger partial charge in [-0.05, 0) is 61.9 Å². The molecule has 0 aliphatic carbocycles. The van der Waals surface area contributed by atoms with E-state index in [1.165, 1.54) is 11.8 Å². The molecule has 3 aromatic carbocycles. The number of H-pyrrole nitrogens is 1. The zero-order valence-corrected chi connectivity index (χ0v) is 26.9. The molecule has 44 heavy (non-hydrogen) atoms. The zero-order chi connectivity index (χ0) is 30.7. The van der Waals surface area contributed by atoms with Crippen molar-refractivity contribution < 1.29 is 14.3 Å². The van der Waals surface area contributed by atoms with Gasteiger partial charge in [-0.3, -0.25) is 14.5 Å². The molecule has 10 heteroatoms. The van der Waals surface area contributed by atoms with Crippen LogP contribution in [0, 0.1) is 0 Å². The number of carbonyl (C=O) groups excluding carboxylic acids is 2. The second-order valence-corrected chi connectivity index (χ2v) is 13.7. The van der Waals surface area contributed by atoms with Gasteiger partial charge in [-0.15, -0.1) is 11.8 Å². The van der Waals surface area contributed by atoms with Crippen LogP contribution in [-0.4, -0.2) is 70.7 Å². The molecule has 0 unspecified atom stereocenters. The first kappa shape index (κ1) is 31.0. The van der Waals surface area contributed by atoms with E-state index in [-0.39, 0.29) is 24.3 Å². The number of aromatic nitrogens is 1. The van der Waals surface area contributed by atoms with Crippen LogP contribution in [0.25, 0.3) is 10.9 Å². The van der Waals surface area contributed by atoms with E-state index in [4.69, 9.17) is 27.9 Å². The molecule has 3 heterocycles. The standard InChI is InChI=1S/C34H36Cl2N4O3S/c1-23(24-8-10-25(35)11-9-24)40-31(41)21-34(44-27-6-3-2-4-7-27,33(42)37-14-5-15-39-16-18-43-19-17-39)32(40)29-22-38-30-20-26(36)12-13-28(29)30/h2-4,6-13,20,22-23,32,38H,5,14-19,21H2,1H3,(H,37,42)/t23-,32+,34-/m0/s1. The van der Waals surface area contributed by atoms with Gasteiger partial charge < -0.3 is 19.9 Å². The fourth-order valence-electron chi connectivity index (χ4n) is 6.39. The maximum atomic E-state index is 14.6. The Morgan fingerprint density at radius 1 is 1.07 bits per heavy atom. The molecule has 2 aliphatic rings. The predicted molar refractivity (Wildman–Crippen MR) is 177 cm³/mol. The highest BCUT2D eigenvalue weighted by Gasteiger charge is 2.59. The number of amides is 2. The fraction of sp³-hybridized carbons (Fsp3) is 0.353. The lowest BCUT2D eigenvalue weighted by Gasteiger charge is -2.39. The Bertz CT molecular complexity index is 1610. The number of hydrogen-bond acceptors (Lipinski definition) is 5. The molecule has 3 atom stereocenters. The minimum absolute atomic E-state index is 0.0602. The highest BCUT2D eigenvalue weighted by molar-refractivity contribution is 8.01. The topological polar surface area (TPSA) is 77.7 Å². The summed E-state index contributed by atoms with van der Waals surface area (Å²) in [6, 6.07) is 22.3. The Kier molecular flexibility index (Phi) is 9.54. The van der Waals surface area contributed by atoms with Crippen LogP contribution in [-0.2, 0) is 14.3 Å². The predicted octanol–water partition coefficient (Wildman–Crippen LogP) is 6.88. The van der Waals surface area contributed by atoms with Crippen molar-refractivity contribution in [1.82, 2.24) is 20.1 Å². The third-order valence-corrected chi connectivity index (χ3v) is 10.5.